The Balaban J connectivity index is 0.000000258. The maximum atomic E-state index is 11.4. The average molecular weight is 461 g/mol. The molecule has 1 saturated heterocycles. The van der Waals surface area contributed by atoms with Crippen molar-refractivity contribution < 1.29 is 14.3 Å². The SMILES string of the molecule is CCCOC(=O)Nc1ccc(N2CCCC(C)C2)nc1.CCN(C=O)c1ccccc1Cl. The van der Waals surface area contributed by atoms with E-state index in [1.807, 2.05) is 44.2 Å². The van der Waals surface area contributed by atoms with Gasteiger partial charge in [0, 0.05) is 19.6 Å². The number of halogens is 1. The van der Waals surface area contributed by atoms with Gasteiger partial charge in [0.2, 0.25) is 6.41 Å². The second-order valence-electron chi connectivity index (χ2n) is 7.70. The fourth-order valence-corrected chi connectivity index (χ4v) is 3.62. The average Bonchev–Trinajstić information content (AvgIpc) is 2.80. The molecular formula is C24H33ClN4O3. The van der Waals surface area contributed by atoms with Crippen LogP contribution >= 0.6 is 11.6 Å². The topological polar surface area (TPSA) is 74.8 Å². The van der Waals surface area contributed by atoms with E-state index in [4.69, 9.17) is 16.3 Å². The predicted octanol–water partition coefficient (Wildman–Crippen LogP) is 5.60. The summed E-state index contributed by atoms with van der Waals surface area (Å²) in [5.41, 5.74) is 1.43. The number of pyridine rings is 1. The number of amides is 2. The highest BCUT2D eigenvalue weighted by Crippen LogP contribution is 2.24. The highest BCUT2D eigenvalue weighted by atomic mass is 35.5. The van der Waals surface area contributed by atoms with Crippen LogP contribution in [0.2, 0.25) is 5.02 Å². The van der Waals surface area contributed by atoms with Gasteiger partial charge in [0.05, 0.1) is 29.2 Å². The van der Waals surface area contributed by atoms with Gasteiger partial charge < -0.3 is 14.5 Å². The van der Waals surface area contributed by atoms with Crippen molar-refractivity contribution in [1.29, 1.82) is 0 Å². The zero-order chi connectivity index (χ0) is 23.3. The van der Waals surface area contributed by atoms with Crippen LogP contribution in [0.1, 0.15) is 40.0 Å². The number of carbonyl (C=O) groups excluding carboxylic acids is 2. The van der Waals surface area contributed by atoms with E-state index in [-0.39, 0.29) is 0 Å². The summed E-state index contributed by atoms with van der Waals surface area (Å²) in [5, 5.41) is 3.28. The van der Waals surface area contributed by atoms with Gasteiger partial charge in [-0.15, -0.1) is 0 Å². The standard InChI is InChI=1S/C15H23N3O2.C9H10ClNO/c1-3-9-20-15(19)17-13-6-7-14(16-10-13)18-8-4-5-12(2)11-18;1-2-11(7-12)9-6-4-3-5-8(9)10/h6-7,10,12H,3-5,8-9,11H2,1-2H3,(H,17,19);3-7H,2H2,1H3. The molecule has 1 aliphatic heterocycles. The Labute approximate surface area is 195 Å². The molecule has 1 aromatic carbocycles. The van der Waals surface area contributed by atoms with Crippen molar-refractivity contribution in [3.05, 3.63) is 47.6 Å². The van der Waals surface area contributed by atoms with Crippen molar-refractivity contribution in [1.82, 2.24) is 4.98 Å². The normalized spacial score (nSPS) is 15.2. The smallest absolute Gasteiger partial charge is 0.411 e. The quantitative estimate of drug-likeness (QED) is 0.544. The van der Waals surface area contributed by atoms with Crippen molar-refractivity contribution in [2.45, 2.75) is 40.0 Å². The molecule has 1 aliphatic rings. The third-order valence-corrected chi connectivity index (χ3v) is 5.36. The molecule has 7 nitrogen and oxygen atoms in total. The number of rotatable bonds is 7. The van der Waals surface area contributed by atoms with Crippen LogP contribution in [-0.4, -0.2) is 43.7 Å². The zero-order valence-corrected chi connectivity index (χ0v) is 19.8. The minimum absolute atomic E-state index is 0.423. The van der Waals surface area contributed by atoms with Crippen LogP contribution in [0.3, 0.4) is 0 Å². The molecule has 32 heavy (non-hydrogen) atoms. The van der Waals surface area contributed by atoms with E-state index >= 15 is 0 Å². The van der Waals surface area contributed by atoms with E-state index in [0.717, 1.165) is 37.4 Å². The number of aromatic nitrogens is 1. The number of carbonyl (C=O) groups is 2. The Bertz CT molecular complexity index is 847. The van der Waals surface area contributed by atoms with Crippen LogP contribution in [0.4, 0.5) is 22.0 Å². The number of hydrogen-bond acceptors (Lipinski definition) is 5. The van der Waals surface area contributed by atoms with Crippen LogP contribution in [-0.2, 0) is 9.53 Å². The maximum absolute atomic E-state index is 11.4. The van der Waals surface area contributed by atoms with E-state index in [1.54, 1.807) is 17.2 Å². The van der Waals surface area contributed by atoms with E-state index in [9.17, 15) is 9.59 Å². The minimum Gasteiger partial charge on any atom is -0.449 e. The lowest BCUT2D eigenvalue weighted by atomic mass is 10.0. The van der Waals surface area contributed by atoms with Crippen LogP contribution in [0, 0.1) is 5.92 Å². The van der Waals surface area contributed by atoms with Crippen molar-refractivity contribution in [3.8, 4) is 0 Å². The van der Waals surface area contributed by atoms with Gasteiger partial charge >= 0.3 is 6.09 Å². The van der Waals surface area contributed by atoms with Crippen LogP contribution < -0.4 is 15.1 Å². The monoisotopic (exact) mass is 460 g/mol. The van der Waals surface area contributed by atoms with Gasteiger partial charge in [0.25, 0.3) is 0 Å². The summed E-state index contributed by atoms with van der Waals surface area (Å²) >= 11 is 5.88. The number of benzene rings is 1. The molecule has 1 fully saturated rings. The number of anilines is 3. The Kier molecular flexibility index (Phi) is 10.8. The molecule has 1 N–H and O–H groups in total. The van der Waals surface area contributed by atoms with Crippen molar-refractivity contribution in [2.75, 3.05) is 41.4 Å². The first kappa shape index (κ1) is 25.5. The first-order valence-corrected chi connectivity index (χ1v) is 11.5. The van der Waals surface area contributed by atoms with Gasteiger partial charge in [-0.25, -0.2) is 9.78 Å². The second kappa shape index (κ2) is 13.6. The molecule has 2 heterocycles. The fourth-order valence-electron chi connectivity index (χ4n) is 3.38. The van der Waals surface area contributed by atoms with E-state index in [1.165, 1.54) is 12.8 Å². The number of hydrogen-bond donors (Lipinski definition) is 1. The Morgan fingerprint density at radius 2 is 2.09 bits per heavy atom. The lowest BCUT2D eigenvalue weighted by Crippen LogP contribution is -2.34. The summed E-state index contributed by atoms with van der Waals surface area (Å²) in [6.45, 7) is 9.31. The van der Waals surface area contributed by atoms with E-state index < -0.39 is 6.09 Å². The summed E-state index contributed by atoms with van der Waals surface area (Å²) in [5.74, 6) is 1.69. The Hall–Kier alpha value is -2.80. The molecule has 2 amide bonds. The predicted molar refractivity (Wildman–Crippen MR) is 131 cm³/mol. The number of para-hydroxylation sites is 1. The number of ether oxygens (including phenoxy) is 1. The molecular weight excluding hydrogens is 428 g/mol. The first-order valence-electron chi connectivity index (χ1n) is 11.1. The Morgan fingerprint density at radius 3 is 2.69 bits per heavy atom. The van der Waals surface area contributed by atoms with Crippen LogP contribution in [0.25, 0.3) is 0 Å². The highest BCUT2D eigenvalue weighted by Gasteiger charge is 2.17. The molecule has 0 radical (unpaired) electrons. The summed E-state index contributed by atoms with van der Waals surface area (Å²) < 4.78 is 4.97. The van der Waals surface area contributed by atoms with Crippen molar-refractivity contribution in [3.63, 3.8) is 0 Å². The van der Waals surface area contributed by atoms with Gasteiger partial charge in [0.15, 0.2) is 0 Å². The van der Waals surface area contributed by atoms with Gasteiger partial charge in [0.1, 0.15) is 5.82 Å². The lowest BCUT2D eigenvalue weighted by molar-refractivity contribution is -0.107. The lowest BCUT2D eigenvalue weighted by Gasteiger charge is -2.31. The molecule has 8 heteroatoms. The molecule has 0 spiro atoms. The summed E-state index contributed by atoms with van der Waals surface area (Å²) in [6, 6.07) is 11.1. The number of nitrogens with one attached hydrogen (secondary N) is 1. The molecule has 1 aromatic heterocycles. The molecule has 0 bridgehead atoms. The summed E-state index contributed by atoms with van der Waals surface area (Å²) in [6.07, 6.45) is 5.36. The molecule has 1 unspecified atom stereocenters. The molecule has 2 aromatic rings. The van der Waals surface area contributed by atoms with Gasteiger partial charge in [-0.3, -0.25) is 10.1 Å². The fraction of sp³-hybridized carbons (Fsp3) is 0.458. The van der Waals surface area contributed by atoms with Gasteiger partial charge in [-0.05, 0) is 56.4 Å². The minimum atomic E-state index is -0.423. The third-order valence-electron chi connectivity index (χ3n) is 5.04. The van der Waals surface area contributed by atoms with E-state index in [0.29, 0.717) is 29.8 Å². The largest absolute Gasteiger partial charge is 0.449 e. The summed E-state index contributed by atoms with van der Waals surface area (Å²) in [4.78, 5) is 30.3. The maximum Gasteiger partial charge on any atom is 0.411 e. The molecule has 0 saturated carbocycles. The number of nitrogens with zero attached hydrogens (tertiary/aromatic N) is 3. The highest BCUT2D eigenvalue weighted by molar-refractivity contribution is 6.33. The third kappa shape index (κ3) is 8.04. The molecule has 3 rings (SSSR count). The molecule has 174 valence electrons. The van der Waals surface area contributed by atoms with Crippen molar-refractivity contribution >= 4 is 41.3 Å². The van der Waals surface area contributed by atoms with Gasteiger partial charge in [-0.2, -0.15) is 0 Å². The molecule has 1 atom stereocenters. The van der Waals surface area contributed by atoms with Crippen LogP contribution in [0.5, 0.6) is 0 Å². The summed E-state index contributed by atoms with van der Waals surface area (Å²) in [7, 11) is 0. The van der Waals surface area contributed by atoms with E-state index in [2.05, 4.69) is 22.1 Å². The zero-order valence-electron chi connectivity index (χ0n) is 19.1. The van der Waals surface area contributed by atoms with Gasteiger partial charge in [-0.1, -0.05) is 37.6 Å². The first-order chi connectivity index (χ1) is 15.5. The second-order valence-corrected chi connectivity index (χ2v) is 8.11. The molecule has 0 aliphatic carbocycles. The van der Waals surface area contributed by atoms with Crippen molar-refractivity contribution in [2.24, 2.45) is 5.92 Å². The van der Waals surface area contributed by atoms with Crippen LogP contribution in [0.15, 0.2) is 42.6 Å². The number of piperidine rings is 1. The Morgan fingerprint density at radius 1 is 1.31 bits per heavy atom.